The van der Waals surface area contributed by atoms with Gasteiger partial charge in [0.1, 0.15) is 11.4 Å². The van der Waals surface area contributed by atoms with Crippen molar-refractivity contribution in [3.63, 3.8) is 0 Å². The number of hydrogen-bond donors (Lipinski definition) is 1. The molecule has 0 saturated heterocycles. The second-order valence-electron chi connectivity index (χ2n) is 6.96. The van der Waals surface area contributed by atoms with Gasteiger partial charge < -0.3 is 5.32 Å². The number of carbonyl (C=O) groups excluding carboxylic acids is 1. The van der Waals surface area contributed by atoms with Crippen LogP contribution in [0.4, 0.5) is 4.39 Å². The molecule has 1 aromatic carbocycles. The third-order valence-electron chi connectivity index (χ3n) is 5.28. The van der Waals surface area contributed by atoms with Gasteiger partial charge in [-0.15, -0.1) is 0 Å². The third-order valence-corrected chi connectivity index (χ3v) is 5.28. The molecule has 1 saturated carbocycles. The summed E-state index contributed by atoms with van der Waals surface area (Å²) in [6.07, 6.45) is 7.67. The van der Waals surface area contributed by atoms with Crippen molar-refractivity contribution in [1.29, 1.82) is 0 Å². The number of carbonyl (C=O) groups is 1. The summed E-state index contributed by atoms with van der Waals surface area (Å²) in [6, 6.07) is 8.57. The highest BCUT2D eigenvalue weighted by Crippen LogP contribution is 2.38. The van der Waals surface area contributed by atoms with E-state index in [1.165, 1.54) is 12.3 Å². The third kappa shape index (κ3) is 2.75. The fourth-order valence-electron chi connectivity index (χ4n) is 3.92. The van der Waals surface area contributed by atoms with Crippen LogP contribution in [0.15, 0.2) is 42.7 Å². The van der Waals surface area contributed by atoms with Gasteiger partial charge >= 0.3 is 0 Å². The Hall–Kier alpha value is -2.76. The highest BCUT2D eigenvalue weighted by molar-refractivity contribution is 6.00. The van der Waals surface area contributed by atoms with Crippen LogP contribution < -0.4 is 5.32 Å². The molecular weight excluding hydrogens is 331 g/mol. The fraction of sp³-hybridized carbons (Fsp3) is 0.350. The maximum Gasteiger partial charge on any atom is 0.257 e. The molecule has 0 aliphatic heterocycles. The second-order valence-corrected chi connectivity index (χ2v) is 6.96. The molecule has 134 valence electrons. The summed E-state index contributed by atoms with van der Waals surface area (Å²) in [5.41, 5.74) is 1.71. The molecule has 0 unspecified atom stereocenters. The summed E-state index contributed by atoms with van der Waals surface area (Å²) in [7, 11) is 0. The number of hydrogen-bond acceptors (Lipinski definition) is 3. The zero-order chi connectivity index (χ0) is 18.1. The van der Waals surface area contributed by atoms with E-state index in [1.54, 1.807) is 22.8 Å². The molecule has 1 aliphatic carbocycles. The monoisotopic (exact) mass is 352 g/mol. The van der Waals surface area contributed by atoms with Crippen LogP contribution in [0.2, 0.25) is 0 Å². The Morgan fingerprint density at radius 3 is 2.73 bits per heavy atom. The van der Waals surface area contributed by atoms with Crippen molar-refractivity contribution in [2.45, 2.75) is 44.6 Å². The van der Waals surface area contributed by atoms with E-state index in [4.69, 9.17) is 0 Å². The normalized spacial score (nSPS) is 16.5. The van der Waals surface area contributed by atoms with E-state index >= 15 is 0 Å². The number of fused-ring (bicyclic) bond motifs is 1. The Morgan fingerprint density at radius 1 is 1.19 bits per heavy atom. The van der Waals surface area contributed by atoms with Crippen LogP contribution in [0, 0.1) is 12.7 Å². The van der Waals surface area contributed by atoms with Gasteiger partial charge in [0.05, 0.1) is 11.7 Å². The van der Waals surface area contributed by atoms with Crippen molar-refractivity contribution in [3.05, 3.63) is 65.4 Å². The van der Waals surface area contributed by atoms with E-state index in [2.05, 4.69) is 15.4 Å². The Balaban J connectivity index is 1.73. The molecule has 1 fully saturated rings. The molecule has 2 heterocycles. The topological polar surface area (TPSA) is 59.3 Å². The lowest BCUT2D eigenvalue weighted by Crippen LogP contribution is -2.47. The number of benzene rings is 1. The largest absolute Gasteiger partial charge is 0.342 e. The molecule has 6 heteroatoms. The SMILES string of the molecule is Cc1ccnc2c(C(=O)NC3(c4ccccc4F)CCCCC3)cnn12. The zero-order valence-corrected chi connectivity index (χ0v) is 14.7. The van der Waals surface area contributed by atoms with E-state index in [9.17, 15) is 9.18 Å². The van der Waals surface area contributed by atoms with Crippen LogP contribution in [0.5, 0.6) is 0 Å². The maximum absolute atomic E-state index is 14.5. The van der Waals surface area contributed by atoms with Gasteiger partial charge in [0, 0.05) is 17.5 Å². The van der Waals surface area contributed by atoms with Gasteiger partial charge in [0.15, 0.2) is 5.65 Å². The Labute approximate surface area is 151 Å². The van der Waals surface area contributed by atoms with Crippen molar-refractivity contribution >= 4 is 11.6 Å². The van der Waals surface area contributed by atoms with Gasteiger partial charge in [-0.05, 0) is 31.9 Å². The van der Waals surface area contributed by atoms with E-state index in [-0.39, 0.29) is 11.7 Å². The summed E-state index contributed by atoms with van der Waals surface area (Å²) in [5.74, 6) is -0.535. The summed E-state index contributed by atoms with van der Waals surface area (Å²) in [6.45, 7) is 1.91. The molecule has 0 radical (unpaired) electrons. The zero-order valence-electron chi connectivity index (χ0n) is 14.7. The van der Waals surface area contributed by atoms with Gasteiger partial charge in [-0.1, -0.05) is 37.5 Å². The van der Waals surface area contributed by atoms with Gasteiger partial charge in [-0.25, -0.2) is 13.9 Å². The van der Waals surface area contributed by atoms with Crippen molar-refractivity contribution in [2.24, 2.45) is 0 Å². The summed E-state index contributed by atoms with van der Waals surface area (Å²) < 4.78 is 16.2. The average Bonchev–Trinajstić information content (AvgIpc) is 3.08. The Kier molecular flexibility index (Phi) is 4.18. The average molecular weight is 352 g/mol. The minimum Gasteiger partial charge on any atom is -0.342 e. The van der Waals surface area contributed by atoms with Crippen molar-refractivity contribution in [2.75, 3.05) is 0 Å². The molecule has 1 amide bonds. The van der Waals surface area contributed by atoms with Gasteiger partial charge in [0.25, 0.3) is 5.91 Å². The first-order valence-electron chi connectivity index (χ1n) is 8.98. The molecular formula is C20H21FN4O. The van der Waals surface area contributed by atoms with E-state index < -0.39 is 5.54 Å². The first-order valence-corrected chi connectivity index (χ1v) is 8.98. The summed E-state index contributed by atoms with van der Waals surface area (Å²) in [5, 5.41) is 7.40. The predicted molar refractivity (Wildman–Crippen MR) is 96.4 cm³/mol. The highest BCUT2D eigenvalue weighted by atomic mass is 19.1. The molecule has 1 N–H and O–H groups in total. The van der Waals surface area contributed by atoms with Gasteiger partial charge in [0.2, 0.25) is 0 Å². The van der Waals surface area contributed by atoms with Crippen LogP contribution in [0.1, 0.15) is 53.7 Å². The standard InChI is InChI=1S/C20H21FN4O/c1-14-9-12-22-18-15(13-23-25(14)18)19(26)24-20(10-5-2-6-11-20)16-7-3-4-8-17(16)21/h3-4,7-9,12-13H,2,5-6,10-11H2,1H3,(H,24,26). The van der Waals surface area contributed by atoms with Crippen LogP contribution in [0.3, 0.4) is 0 Å². The molecule has 4 rings (SSSR count). The van der Waals surface area contributed by atoms with Crippen LogP contribution >= 0.6 is 0 Å². The van der Waals surface area contributed by atoms with E-state index in [1.807, 2.05) is 19.1 Å². The highest BCUT2D eigenvalue weighted by Gasteiger charge is 2.38. The second kappa shape index (κ2) is 6.52. The lowest BCUT2D eigenvalue weighted by molar-refractivity contribution is 0.0864. The van der Waals surface area contributed by atoms with Crippen LogP contribution in [-0.4, -0.2) is 20.5 Å². The number of aromatic nitrogens is 3. The van der Waals surface area contributed by atoms with Gasteiger partial charge in [-0.2, -0.15) is 5.10 Å². The number of nitrogens with one attached hydrogen (secondary N) is 1. The van der Waals surface area contributed by atoms with E-state index in [0.29, 0.717) is 16.8 Å². The minimum absolute atomic E-state index is 0.261. The smallest absolute Gasteiger partial charge is 0.257 e. The van der Waals surface area contributed by atoms with Crippen LogP contribution in [-0.2, 0) is 5.54 Å². The van der Waals surface area contributed by atoms with Crippen molar-refractivity contribution in [3.8, 4) is 0 Å². The molecule has 0 bridgehead atoms. The lowest BCUT2D eigenvalue weighted by atomic mass is 9.76. The fourth-order valence-corrected chi connectivity index (χ4v) is 3.92. The first kappa shape index (κ1) is 16.7. The Bertz CT molecular complexity index is 959. The number of nitrogens with zero attached hydrogens (tertiary/aromatic N) is 3. The Morgan fingerprint density at radius 2 is 1.96 bits per heavy atom. The minimum atomic E-state index is -0.682. The quantitative estimate of drug-likeness (QED) is 0.781. The van der Waals surface area contributed by atoms with E-state index in [0.717, 1.165) is 37.8 Å². The summed E-state index contributed by atoms with van der Waals surface area (Å²) in [4.78, 5) is 17.4. The van der Waals surface area contributed by atoms with Crippen molar-refractivity contribution in [1.82, 2.24) is 19.9 Å². The lowest BCUT2D eigenvalue weighted by Gasteiger charge is -2.38. The molecule has 5 nitrogen and oxygen atoms in total. The number of halogens is 1. The van der Waals surface area contributed by atoms with Gasteiger partial charge in [-0.3, -0.25) is 4.79 Å². The molecule has 0 atom stereocenters. The molecule has 26 heavy (non-hydrogen) atoms. The maximum atomic E-state index is 14.5. The number of amides is 1. The number of aryl methyl sites for hydroxylation is 1. The number of rotatable bonds is 3. The molecule has 0 spiro atoms. The first-order chi connectivity index (χ1) is 12.6. The molecule has 3 aromatic rings. The van der Waals surface area contributed by atoms with Crippen molar-refractivity contribution < 1.29 is 9.18 Å². The molecule has 1 aliphatic rings. The summed E-state index contributed by atoms with van der Waals surface area (Å²) >= 11 is 0. The molecule has 2 aromatic heterocycles. The van der Waals surface area contributed by atoms with Crippen LogP contribution in [0.25, 0.3) is 5.65 Å². The predicted octanol–water partition coefficient (Wildman–Crippen LogP) is 3.77.